The maximum atomic E-state index is 13.2. The van der Waals surface area contributed by atoms with Gasteiger partial charge in [0.15, 0.2) is 0 Å². The van der Waals surface area contributed by atoms with E-state index in [-0.39, 0.29) is 17.9 Å². The fourth-order valence-electron chi connectivity index (χ4n) is 4.09. The lowest BCUT2D eigenvalue weighted by molar-refractivity contribution is -0.122. The predicted octanol–water partition coefficient (Wildman–Crippen LogP) is 1.33. The zero-order valence-electron chi connectivity index (χ0n) is 17.4. The number of carbonyl (C=O) groups is 2. The van der Waals surface area contributed by atoms with Gasteiger partial charge in [0, 0.05) is 44.7 Å². The number of hydrogen-bond donors (Lipinski definition) is 2. The number of likely N-dealkylation sites (N-methyl/N-ethyl adjacent to an activating group) is 1. The highest BCUT2D eigenvalue weighted by Crippen LogP contribution is 2.24. The van der Waals surface area contributed by atoms with E-state index in [0.29, 0.717) is 38.4 Å². The molecular formula is C22H29N5O3. The van der Waals surface area contributed by atoms with Crippen molar-refractivity contribution < 1.29 is 14.3 Å². The zero-order chi connectivity index (χ0) is 20.9. The van der Waals surface area contributed by atoms with Crippen LogP contribution in [-0.4, -0.2) is 85.6 Å². The minimum atomic E-state index is 0.0281. The van der Waals surface area contributed by atoms with Gasteiger partial charge in [-0.2, -0.15) is 0 Å². The van der Waals surface area contributed by atoms with Crippen LogP contribution in [0, 0.1) is 0 Å². The number of anilines is 1. The first-order chi connectivity index (χ1) is 14.6. The topological polar surface area (TPSA) is 86.8 Å². The molecule has 8 heteroatoms. The number of nitrogens with zero attached hydrogens (tertiary/aromatic N) is 3. The van der Waals surface area contributed by atoms with Crippen molar-refractivity contribution in [3.63, 3.8) is 0 Å². The molecule has 2 aliphatic rings. The number of piperidine rings is 1. The molecular weight excluding hydrogens is 382 g/mol. The molecule has 2 amide bonds. The van der Waals surface area contributed by atoms with Crippen molar-refractivity contribution in [3.05, 3.63) is 35.9 Å². The molecule has 3 heterocycles. The number of morpholine rings is 1. The average Bonchev–Trinajstić information content (AvgIpc) is 2.80. The summed E-state index contributed by atoms with van der Waals surface area (Å²) in [4.78, 5) is 33.6. The number of benzene rings is 1. The third kappa shape index (κ3) is 4.71. The third-order valence-corrected chi connectivity index (χ3v) is 5.83. The first-order valence-electron chi connectivity index (χ1n) is 10.6. The van der Waals surface area contributed by atoms with E-state index in [2.05, 4.69) is 15.5 Å². The molecule has 0 aliphatic carbocycles. The SMILES string of the molecule is CNC(=O)CN1CCC(Nc2cc(C(=O)N3CCOCC3)c3ccccc3n2)CC1. The number of carbonyl (C=O) groups excluding carboxylic acids is 2. The molecule has 0 spiro atoms. The molecule has 8 nitrogen and oxygen atoms in total. The summed E-state index contributed by atoms with van der Waals surface area (Å²) in [7, 11) is 1.66. The van der Waals surface area contributed by atoms with Gasteiger partial charge < -0.3 is 20.3 Å². The Morgan fingerprint density at radius 2 is 1.87 bits per heavy atom. The van der Waals surface area contributed by atoms with Crippen LogP contribution in [0.25, 0.3) is 10.9 Å². The maximum absolute atomic E-state index is 13.2. The Morgan fingerprint density at radius 1 is 1.13 bits per heavy atom. The van der Waals surface area contributed by atoms with Crippen LogP contribution >= 0.6 is 0 Å². The molecule has 2 aliphatic heterocycles. The number of likely N-dealkylation sites (tertiary alicyclic amines) is 1. The second kappa shape index (κ2) is 9.40. The van der Waals surface area contributed by atoms with E-state index in [1.54, 1.807) is 7.05 Å². The van der Waals surface area contributed by atoms with Gasteiger partial charge in [0.25, 0.3) is 5.91 Å². The van der Waals surface area contributed by atoms with Crippen LogP contribution in [0.3, 0.4) is 0 Å². The van der Waals surface area contributed by atoms with Crippen LogP contribution in [0.4, 0.5) is 5.82 Å². The molecule has 0 unspecified atom stereocenters. The molecule has 2 fully saturated rings. The third-order valence-electron chi connectivity index (χ3n) is 5.83. The lowest BCUT2D eigenvalue weighted by Gasteiger charge is -2.32. The summed E-state index contributed by atoms with van der Waals surface area (Å²) in [6, 6.07) is 9.94. The zero-order valence-corrected chi connectivity index (χ0v) is 17.4. The Labute approximate surface area is 176 Å². The Hall–Kier alpha value is -2.71. The molecule has 0 saturated carbocycles. The lowest BCUT2D eigenvalue weighted by atomic mass is 10.0. The number of ether oxygens (including phenoxy) is 1. The standard InChI is InChI=1S/C22H29N5O3/c1-23-21(28)15-26-8-6-16(7-9-26)24-20-14-18(17-4-2-3-5-19(17)25-20)22(29)27-10-12-30-13-11-27/h2-5,14,16H,6-13,15H2,1H3,(H,23,28)(H,24,25). The van der Waals surface area contributed by atoms with Crippen molar-refractivity contribution >= 4 is 28.5 Å². The van der Waals surface area contributed by atoms with Crippen molar-refractivity contribution in [2.45, 2.75) is 18.9 Å². The van der Waals surface area contributed by atoms with E-state index in [0.717, 1.165) is 42.7 Å². The summed E-state index contributed by atoms with van der Waals surface area (Å²) in [5.41, 5.74) is 1.50. The molecule has 4 rings (SSSR count). The number of rotatable bonds is 5. The van der Waals surface area contributed by atoms with Gasteiger partial charge in [0.05, 0.1) is 30.8 Å². The number of hydrogen-bond acceptors (Lipinski definition) is 6. The van der Waals surface area contributed by atoms with E-state index >= 15 is 0 Å². The molecule has 0 radical (unpaired) electrons. The molecule has 1 aromatic carbocycles. The van der Waals surface area contributed by atoms with Crippen molar-refractivity contribution in [2.24, 2.45) is 0 Å². The fraction of sp³-hybridized carbons (Fsp3) is 0.500. The Kier molecular flexibility index (Phi) is 6.44. The minimum absolute atomic E-state index is 0.0281. The van der Waals surface area contributed by atoms with Crippen LogP contribution in [0.2, 0.25) is 0 Å². The quantitative estimate of drug-likeness (QED) is 0.772. The normalized spacial score (nSPS) is 18.4. The highest BCUT2D eigenvalue weighted by molar-refractivity contribution is 6.07. The van der Waals surface area contributed by atoms with Gasteiger partial charge in [-0.25, -0.2) is 4.98 Å². The van der Waals surface area contributed by atoms with Gasteiger partial charge in [-0.05, 0) is 25.0 Å². The van der Waals surface area contributed by atoms with Crippen molar-refractivity contribution in [2.75, 3.05) is 58.3 Å². The predicted molar refractivity (Wildman–Crippen MR) is 116 cm³/mol. The van der Waals surface area contributed by atoms with Crippen LogP contribution in [0.15, 0.2) is 30.3 Å². The Balaban J connectivity index is 1.49. The number of fused-ring (bicyclic) bond motifs is 1. The second-order valence-electron chi connectivity index (χ2n) is 7.84. The first kappa shape index (κ1) is 20.6. The summed E-state index contributed by atoms with van der Waals surface area (Å²) in [6.07, 6.45) is 1.86. The number of nitrogens with one attached hydrogen (secondary N) is 2. The summed E-state index contributed by atoms with van der Waals surface area (Å²) >= 11 is 0. The van der Waals surface area contributed by atoms with Crippen molar-refractivity contribution in [1.82, 2.24) is 20.1 Å². The number of pyridine rings is 1. The Bertz CT molecular complexity index is 905. The summed E-state index contributed by atoms with van der Waals surface area (Å²) < 4.78 is 5.39. The number of aromatic nitrogens is 1. The fourth-order valence-corrected chi connectivity index (χ4v) is 4.09. The molecule has 1 aromatic heterocycles. The second-order valence-corrected chi connectivity index (χ2v) is 7.84. The maximum Gasteiger partial charge on any atom is 0.254 e. The molecule has 0 atom stereocenters. The van der Waals surface area contributed by atoms with Crippen molar-refractivity contribution in [3.8, 4) is 0 Å². The van der Waals surface area contributed by atoms with E-state index < -0.39 is 0 Å². The molecule has 2 saturated heterocycles. The molecule has 160 valence electrons. The van der Waals surface area contributed by atoms with Gasteiger partial charge in [-0.1, -0.05) is 18.2 Å². The van der Waals surface area contributed by atoms with Crippen LogP contribution in [-0.2, 0) is 9.53 Å². The minimum Gasteiger partial charge on any atom is -0.378 e. The highest BCUT2D eigenvalue weighted by atomic mass is 16.5. The van der Waals surface area contributed by atoms with Crippen LogP contribution in [0.1, 0.15) is 23.2 Å². The van der Waals surface area contributed by atoms with E-state index in [9.17, 15) is 9.59 Å². The smallest absolute Gasteiger partial charge is 0.254 e. The summed E-state index contributed by atoms with van der Waals surface area (Å²) in [6.45, 7) is 4.54. The highest BCUT2D eigenvalue weighted by Gasteiger charge is 2.24. The summed E-state index contributed by atoms with van der Waals surface area (Å²) in [5.74, 6) is 0.805. The molecule has 2 N–H and O–H groups in total. The largest absolute Gasteiger partial charge is 0.378 e. The van der Waals surface area contributed by atoms with Crippen molar-refractivity contribution in [1.29, 1.82) is 0 Å². The van der Waals surface area contributed by atoms with E-state index in [1.807, 2.05) is 35.2 Å². The van der Waals surface area contributed by atoms with E-state index in [4.69, 9.17) is 9.72 Å². The number of para-hydroxylation sites is 1. The average molecular weight is 412 g/mol. The summed E-state index contributed by atoms with van der Waals surface area (Å²) in [5, 5.41) is 7.07. The van der Waals surface area contributed by atoms with Gasteiger partial charge in [0.1, 0.15) is 5.82 Å². The van der Waals surface area contributed by atoms with E-state index in [1.165, 1.54) is 0 Å². The van der Waals surface area contributed by atoms with Gasteiger partial charge in [-0.3, -0.25) is 14.5 Å². The van der Waals surface area contributed by atoms with Crippen LogP contribution in [0.5, 0.6) is 0 Å². The van der Waals surface area contributed by atoms with Crippen LogP contribution < -0.4 is 10.6 Å². The van der Waals surface area contributed by atoms with Gasteiger partial charge >= 0.3 is 0 Å². The van der Waals surface area contributed by atoms with Gasteiger partial charge in [0.2, 0.25) is 5.91 Å². The monoisotopic (exact) mass is 411 g/mol. The molecule has 2 aromatic rings. The van der Waals surface area contributed by atoms with Gasteiger partial charge in [-0.15, -0.1) is 0 Å². The molecule has 0 bridgehead atoms. The number of amides is 2. The lowest BCUT2D eigenvalue weighted by Crippen LogP contribution is -2.43. The first-order valence-corrected chi connectivity index (χ1v) is 10.6. The Morgan fingerprint density at radius 3 is 2.60 bits per heavy atom. The molecule has 30 heavy (non-hydrogen) atoms.